The van der Waals surface area contributed by atoms with Crippen LogP contribution in [-0.2, 0) is 19.1 Å². The Balaban J connectivity index is 2.50. The lowest BCUT2D eigenvalue weighted by Crippen LogP contribution is -2.56. The van der Waals surface area contributed by atoms with Crippen LogP contribution in [0, 0.1) is 5.92 Å². The van der Waals surface area contributed by atoms with Crippen molar-refractivity contribution < 1.29 is 29.3 Å². The molecule has 0 radical (unpaired) electrons. The molecule has 1 aliphatic carbocycles. The molecule has 1 heterocycles. The highest BCUT2D eigenvalue weighted by Crippen LogP contribution is 2.39. The van der Waals surface area contributed by atoms with Crippen molar-refractivity contribution in [2.24, 2.45) is 5.92 Å². The second-order valence-corrected chi connectivity index (χ2v) is 7.09. The van der Waals surface area contributed by atoms with Gasteiger partial charge in [0, 0.05) is 0 Å². The number of esters is 2. The average Bonchev–Trinajstić information content (AvgIpc) is 2.75. The topological polar surface area (TPSA) is 93.1 Å². The Hall–Kier alpha value is -1.92. The van der Waals surface area contributed by atoms with Gasteiger partial charge in [0.1, 0.15) is 6.10 Å². The fraction of sp³-hybridized carbons (Fsp3) is 0.579. The second kappa shape index (κ2) is 7.14. The number of hydrogen-bond acceptors (Lipinski definition) is 6. The van der Waals surface area contributed by atoms with Crippen LogP contribution in [0.4, 0.5) is 0 Å². The summed E-state index contributed by atoms with van der Waals surface area (Å²) in [6.07, 6.45) is 1.09. The zero-order valence-electron chi connectivity index (χ0n) is 15.1. The Morgan fingerprint density at radius 3 is 2.68 bits per heavy atom. The first-order chi connectivity index (χ1) is 11.6. The molecule has 0 bridgehead atoms. The first-order valence-electron chi connectivity index (χ1n) is 8.44. The Labute approximate surface area is 147 Å². The maximum absolute atomic E-state index is 12.1. The number of allylic oxidation sites excluding steroid dienone is 2. The second-order valence-electron chi connectivity index (χ2n) is 7.09. The molecule has 0 saturated carbocycles. The number of fused-ring (bicyclic) bond motifs is 1. The molecule has 0 aromatic rings. The van der Waals surface area contributed by atoms with Gasteiger partial charge in [-0.05, 0) is 38.3 Å². The van der Waals surface area contributed by atoms with E-state index >= 15 is 0 Å². The van der Waals surface area contributed by atoms with Crippen LogP contribution in [-0.4, -0.2) is 46.1 Å². The van der Waals surface area contributed by atoms with Gasteiger partial charge in [-0.25, -0.2) is 4.79 Å². The first-order valence-corrected chi connectivity index (χ1v) is 8.44. The highest BCUT2D eigenvalue weighted by atomic mass is 16.6. The molecule has 0 aromatic carbocycles. The summed E-state index contributed by atoms with van der Waals surface area (Å²) in [4.78, 5) is 24.0. The molecule has 0 spiro atoms. The Bertz CT molecular complexity index is 644. The highest BCUT2D eigenvalue weighted by Gasteiger charge is 2.58. The fourth-order valence-corrected chi connectivity index (χ4v) is 3.00. The van der Waals surface area contributed by atoms with E-state index in [1.807, 2.05) is 13.0 Å². The normalized spacial score (nSPS) is 35.4. The number of rotatable bonds is 2. The van der Waals surface area contributed by atoms with Crippen molar-refractivity contribution in [1.82, 2.24) is 0 Å². The van der Waals surface area contributed by atoms with E-state index in [0.717, 1.165) is 5.57 Å². The SMILES string of the molecule is C=C1C(=O)O[C@@H]2/C=C(\C)CCC=C(C)[C@@H](OC(=O)C(C)C)[C@H](O)[C@@]12O. The molecule has 2 N–H and O–H groups in total. The maximum atomic E-state index is 12.1. The molecule has 6 heteroatoms. The smallest absolute Gasteiger partial charge is 0.337 e. The van der Waals surface area contributed by atoms with Gasteiger partial charge in [-0.3, -0.25) is 4.79 Å². The molecule has 2 rings (SSSR count). The maximum Gasteiger partial charge on any atom is 0.337 e. The van der Waals surface area contributed by atoms with E-state index in [4.69, 9.17) is 9.47 Å². The van der Waals surface area contributed by atoms with Crippen LogP contribution in [0.25, 0.3) is 0 Å². The van der Waals surface area contributed by atoms with Crippen LogP contribution in [0.5, 0.6) is 0 Å². The largest absolute Gasteiger partial charge is 0.455 e. The first kappa shape index (κ1) is 19.4. The van der Waals surface area contributed by atoms with E-state index in [9.17, 15) is 19.8 Å². The minimum atomic E-state index is -2.06. The molecule has 25 heavy (non-hydrogen) atoms. The van der Waals surface area contributed by atoms with Gasteiger partial charge in [0.05, 0.1) is 11.5 Å². The van der Waals surface area contributed by atoms with Crippen LogP contribution >= 0.6 is 0 Å². The summed E-state index contributed by atoms with van der Waals surface area (Å²) in [5.41, 5.74) is -0.782. The predicted molar refractivity (Wildman–Crippen MR) is 91.4 cm³/mol. The molecule has 0 unspecified atom stereocenters. The average molecular weight is 350 g/mol. The number of ether oxygens (including phenoxy) is 2. The molecular weight excluding hydrogens is 324 g/mol. The third-order valence-corrected chi connectivity index (χ3v) is 4.74. The predicted octanol–water partition coefficient (Wildman–Crippen LogP) is 1.81. The Morgan fingerprint density at radius 2 is 2.08 bits per heavy atom. The molecule has 0 aromatic heterocycles. The summed E-state index contributed by atoms with van der Waals surface area (Å²) < 4.78 is 10.7. The van der Waals surface area contributed by atoms with Crippen molar-refractivity contribution in [2.75, 3.05) is 0 Å². The zero-order valence-corrected chi connectivity index (χ0v) is 15.1. The summed E-state index contributed by atoms with van der Waals surface area (Å²) >= 11 is 0. The van der Waals surface area contributed by atoms with Crippen molar-refractivity contribution in [3.05, 3.63) is 35.5 Å². The van der Waals surface area contributed by atoms with Crippen LogP contribution in [0.2, 0.25) is 0 Å². The van der Waals surface area contributed by atoms with Gasteiger partial charge in [0.2, 0.25) is 0 Å². The number of aliphatic hydroxyl groups excluding tert-OH is 1. The van der Waals surface area contributed by atoms with E-state index in [2.05, 4.69) is 6.58 Å². The van der Waals surface area contributed by atoms with E-state index < -0.39 is 41.8 Å². The standard InChI is InChI=1S/C19H26O6/c1-10(2)17(21)25-15-12(4)8-6-7-11(3)9-14-19(23,16(15)20)13(5)18(22)24-14/h8-10,14-16,20,23H,5-7H2,1-4H3/b11-9+,12-8?/t14-,15-,16+,19-/m1/s1. The van der Waals surface area contributed by atoms with E-state index in [1.165, 1.54) is 0 Å². The molecule has 1 fully saturated rings. The minimum absolute atomic E-state index is 0.243. The summed E-state index contributed by atoms with van der Waals surface area (Å²) in [5.74, 6) is -1.67. The van der Waals surface area contributed by atoms with Crippen molar-refractivity contribution >= 4 is 11.9 Å². The Morgan fingerprint density at radius 1 is 1.44 bits per heavy atom. The van der Waals surface area contributed by atoms with E-state index in [1.54, 1.807) is 26.8 Å². The number of hydrogen-bond donors (Lipinski definition) is 2. The van der Waals surface area contributed by atoms with Crippen molar-refractivity contribution in [1.29, 1.82) is 0 Å². The number of carbonyl (C=O) groups is 2. The molecule has 138 valence electrons. The summed E-state index contributed by atoms with van der Waals surface area (Å²) in [6, 6.07) is 0. The molecular formula is C19H26O6. The summed E-state index contributed by atoms with van der Waals surface area (Å²) in [7, 11) is 0. The van der Waals surface area contributed by atoms with Crippen LogP contribution < -0.4 is 0 Å². The lowest BCUT2D eigenvalue weighted by Gasteiger charge is -2.37. The van der Waals surface area contributed by atoms with Gasteiger partial charge >= 0.3 is 11.9 Å². The van der Waals surface area contributed by atoms with E-state index in [0.29, 0.717) is 18.4 Å². The third-order valence-electron chi connectivity index (χ3n) is 4.74. The van der Waals surface area contributed by atoms with Crippen LogP contribution in [0.1, 0.15) is 40.5 Å². The van der Waals surface area contributed by atoms with Gasteiger partial charge < -0.3 is 19.7 Å². The highest BCUT2D eigenvalue weighted by molar-refractivity contribution is 5.93. The molecule has 1 aliphatic heterocycles. The van der Waals surface area contributed by atoms with Gasteiger partial charge in [-0.15, -0.1) is 0 Å². The van der Waals surface area contributed by atoms with E-state index in [-0.39, 0.29) is 5.57 Å². The third kappa shape index (κ3) is 3.55. The lowest BCUT2D eigenvalue weighted by molar-refractivity contribution is -0.170. The van der Waals surface area contributed by atoms with Crippen molar-refractivity contribution in [3.8, 4) is 0 Å². The molecule has 1 saturated heterocycles. The van der Waals surface area contributed by atoms with Gasteiger partial charge in [0.15, 0.2) is 17.8 Å². The number of aliphatic hydroxyl groups is 2. The lowest BCUT2D eigenvalue weighted by atomic mass is 9.79. The van der Waals surface area contributed by atoms with Crippen LogP contribution in [0.15, 0.2) is 35.5 Å². The minimum Gasteiger partial charge on any atom is -0.455 e. The molecule has 6 nitrogen and oxygen atoms in total. The van der Waals surface area contributed by atoms with Gasteiger partial charge in [0.25, 0.3) is 0 Å². The summed E-state index contributed by atoms with van der Waals surface area (Å²) in [5, 5.41) is 22.0. The quantitative estimate of drug-likeness (QED) is 0.448. The summed E-state index contributed by atoms with van der Waals surface area (Å²) in [6.45, 7) is 10.5. The molecule has 4 atom stereocenters. The van der Waals surface area contributed by atoms with Crippen LogP contribution in [0.3, 0.4) is 0 Å². The van der Waals surface area contributed by atoms with Crippen molar-refractivity contribution in [3.63, 3.8) is 0 Å². The van der Waals surface area contributed by atoms with Crippen molar-refractivity contribution in [2.45, 2.75) is 64.4 Å². The number of carbonyl (C=O) groups excluding carboxylic acids is 2. The monoisotopic (exact) mass is 350 g/mol. The van der Waals surface area contributed by atoms with Gasteiger partial charge in [-0.2, -0.15) is 0 Å². The zero-order chi connectivity index (χ0) is 18.9. The Kier molecular flexibility index (Phi) is 5.54. The molecule has 2 aliphatic rings. The molecule has 0 amide bonds. The fourth-order valence-electron chi connectivity index (χ4n) is 3.00. The van der Waals surface area contributed by atoms with Gasteiger partial charge in [-0.1, -0.05) is 32.1 Å².